The summed E-state index contributed by atoms with van der Waals surface area (Å²) in [6.07, 6.45) is -0.610. The molecule has 18 heavy (non-hydrogen) atoms. The summed E-state index contributed by atoms with van der Waals surface area (Å²) in [7, 11) is 3.73. The van der Waals surface area contributed by atoms with Crippen LogP contribution in [0.5, 0.6) is 0 Å². The Morgan fingerprint density at radius 1 is 1.44 bits per heavy atom. The summed E-state index contributed by atoms with van der Waals surface area (Å²) < 4.78 is 26.8. The van der Waals surface area contributed by atoms with Crippen LogP contribution in [-0.2, 0) is 16.8 Å². The molecule has 0 saturated heterocycles. The summed E-state index contributed by atoms with van der Waals surface area (Å²) in [6, 6.07) is 6.47. The molecule has 1 fully saturated rings. The molecule has 1 unspecified atom stereocenters. The zero-order chi connectivity index (χ0) is 13.6. The van der Waals surface area contributed by atoms with E-state index in [0.29, 0.717) is 6.54 Å². The van der Waals surface area contributed by atoms with Gasteiger partial charge in [0.15, 0.2) is 5.41 Å². The minimum absolute atomic E-state index is 0.194. The molecule has 2 rings (SSSR count). The first-order valence-corrected chi connectivity index (χ1v) is 5.65. The number of alkyl halides is 2. The Bertz CT molecular complexity index is 488. The van der Waals surface area contributed by atoms with Crippen molar-refractivity contribution in [3.63, 3.8) is 0 Å². The third kappa shape index (κ3) is 1.88. The summed E-state index contributed by atoms with van der Waals surface area (Å²) in [6.45, 7) is 0.592. The second kappa shape index (κ2) is 4.02. The largest absolute Gasteiger partial charge is 0.480 e. The van der Waals surface area contributed by atoms with Crippen molar-refractivity contribution < 1.29 is 18.7 Å². The van der Waals surface area contributed by atoms with Crippen molar-refractivity contribution in [3.05, 3.63) is 35.4 Å². The van der Waals surface area contributed by atoms with E-state index in [1.54, 1.807) is 18.2 Å². The molecule has 98 valence electrons. The predicted octanol–water partition coefficient (Wildman–Crippen LogP) is 2.11. The van der Waals surface area contributed by atoms with E-state index in [-0.39, 0.29) is 5.56 Å². The van der Waals surface area contributed by atoms with Crippen molar-refractivity contribution in [2.24, 2.45) is 0 Å². The Balaban J connectivity index is 2.37. The van der Waals surface area contributed by atoms with Gasteiger partial charge in [0, 0.05) is 13.0 Å². The monoisotopic (exact) mass is 255 g/mol. The van der Waals surface area contributed by atoms with E-state index >= 15 is 0 Å². The summed E-state index contributed by atoms with van der Waals surface area (Å²) in [5.41, 5.74) is -0.991. The van der Waals surface area contributed by atoms with Gasteiger partial charge in [-0.3, -0.25) is 4.79 Å². The molecular formula is C13H15F2NO2. The van der Waals surface area contributed by atoms with Crippen LogP contribution in [0.3, 0.4) is 0 Å². The molecule has 1 aliphatic rings. The fourth-order valence-electron chi connectivity index (χ4n) is 2.26. The summed E-state index contributed by atoms with van der Waals surface area (Å²) >= 11 is 0. The lowest BCUT2D eigenvalue weighted by Gasteiger charge is -2.15. The fourth-order valence-corrected chi connectivity index (χ4v) is 2.26. The van der Waals surface area contributed by atoms with Crippen LogP contribution in [0.2, 0.25) is 0 Å². The second-order valence-electron chi connectivity index (χ2n) is 5.03. The summed E-state index contributed by atoms with van der Waals surface area (Å²) in [5.74, 6) is -4.59. The molecule has 0 spiro atoms. The molecule has 1 atom stereocenters. The van der Waals surface area contributed by atoms with Gasteiger partial charge >= 0.3 is 5.97 Å². The van der Waals surface area contributed by atoms with Gasteiger partial charge in [0.05, 0.1) is 0 Å². The Labute approximate surface area is 104 Å². The highest BCUT2D eigenvalue weighted by molar-refractivity contribution is 5.87. The highest BCUT2D eigenvalue weighted by atomic mass is 19.3. The molecular weight excluding hydrogens is 240 g/mol. The van der Waals surface area contributed by atoms with Crippen molar-refractivity contribution in [1.29, 1.82) is 0 Å². The Hall–Kier alpha value is -1.49. The lowest BCUT2D eigenvalue weighted by atomic mass is 9.93. The van der Waals surface area contributed by atoms with Gasteiger partial charge in [-0.05, 0) is 25.2 Å². The third-order valence-corrected chi connectivity index (χ3v) is 3.27. The van der Waals surface area contributed by atoms with Crippen molar-refractivity contribution >= 4 is 5.97 Å². The molecule has 3 nitrogen and oxygen atoms in total. The normalized spacial score (nSPS) is 25.2. The maximum Gasteiger partial charge on any atom is 0.320 e. The van der Waals surface area contributed by atoms with Crippen LogP contribution >= 0.6 is 0 Å². The zero-order valence-corrected chi connectivity index (χ0v) is 10.3. The van der Waals surface area contributed by atoms with Gasteiger partial charge in [-0.15, -0.1) is 0 Å². The molecule has 1 aliphatic carbocycles. The lowest BCUT2D eigenvalue weighted by molar-refractivity contribution is -0.142. The fraction of sp³-hybridized carbons (Fsp3) is 0.462. The first-order chi connectivity index (χ1) is 8.29. The molecule has 5 heteroatoms. The van der Waals surface area contributed by atoms with E-state index in [9.17, 15) is 13.6 Å². The van der Waals surface area contributed by atoms with Crippen molar-refractivity contribution in [2.45, 2.75) is 24.3 Å². The number of rotatable bonds is 4. The number of carboxylic acid groups (broad SMARTS) is 1. The van der Waals surface area contributed by atoms with E-state index in [1.807, 2.05) is 19.0 Å². The first kappa shape index (κ1) is 13.0. The van der Waals surface area contributed by atoms with Crippen LogP contribution in [0, 0.1) is 0 Å². The van der Waals surface area contributed by atoms with Crippen LogP contribution in [0.25, 0.3) is 0 Å². The number of nitrogens with zero attached hydrogens (tertiary/aromatic N) is 1. The van der Waals surface area contributed by atoms with Gasteiger partial charge in [0.2, 0.25) is 0 Å². The molecule has 1 aromatic rings. The van der Waals surface area contributed by atoms with E-state index in [4.69, 9.17) is 5.11 Å². The van der Waals surface area contributed by atoms with Crippen molar-refractivity contribution in [3.8, 4) is 0 Å². The van der Waals surface area contributed by atoms with Crippen LogP contribution in [0.4, 0.5) is 8.78 Å². The van der Waals surface area contributed by atoms with E-state index < -0.39 is 23.7 Å². The van der Waals surface area contributed by atoms with Gasteiger partial charge in [-0.1, -0.05) is 24.3 Å². The number of hydrogen-bond donors (Lipinski definition) is 1. The molecule has 1 aromatic carbocycles. The lowest BCUT2D eigenvalue weighted by Crippen LogP contribution is -2.27. The summed E-state index contributed by atoms with van der Waals surface area (Å²) in [5, 5.41) is 9.08. The van der Waals surface area contributed by atoms with Crippen molar-refractivity contribution in [2.75, 3.05) is 14.1 Å². The molecule has 0 bridgehead atoms. The minimum atomic E-state index is -3.14. The summed E-state index contributed by atoms with van der Waals surface area (Å²) in [4.78, 5) is 13.0. The number of aliphatic carboxylic acids is 1. The van der Waals surface area contributed by atoms with Crippen LogP contribution in [0.1, 0.15) is 17.5 Å². The number of carbonyl (C=O) groups is 1. The van der Waals surface area contributed by atoms with Gasteiger partial charge in [0.1, 0.15) is 0 Å². The molecule has 0 amide bonds. The van der Waals surface area contributed by atoms with E-state index in [2.05, 4.69) is 0 Å². The molecule has 0 aliphatic heterocycles. The number of hydrogen-bond acceptors (Lipinski definition) is 2. The SMILES string of the molecule is CN(C)Cc1cccc(C2(C(=O)O)CC2(F)F)c1. The molecule has 1 N–H and O–H groups in total. The van der Waals surface area contributed by atoms with Crippen LogP contribution < -0.4 is 0 Å². The van der Waals surface area contributed by atoms with Crippen molar-refractivity contribution in [1.82, 2.24) is 4.90 Å². The molecule has 0 radical (unpaired) electrons. The average Bonchev–Trinajstić information content (AvgIpc) is 2.83. The highest BCUT2D eigenvalue weighted by Crippen LogP contribution is 2.61. The second-order valence-corrected chi connectivity index (χ2v) is 5.03. The zero-order valence-electron chi connectivity index (χ0n) is 10.3. The van der Waals surface area contributed by atoms with Gasteiger partial charge in [0.25, 0.3) is 5.92 Å². The number of carboxylic acids is 1. The number of halogens is 2. The average molecular weight is 255 g/mol. The standard InChI is InChI=1S/C13H15F2NO2/c1-16(2)7-9-4-3-5-10(6-9)12(11(17)18)8-13(12,14)15/h3-6H,7-8H2,1-2H3,(H,17,18). The maximum absolute atomic E-state index is 13.4. The van der Waals surface area contributed by atoms with Gasteiger partial charge in [-0.25, -0.2) is 8.78 Å². The van der Waals surface area contributed by atoms with Crippen LogP contribution in [0.15, 0.2) is 24.3 Å². The number of benzene rings is 1. The third-order valence-electron chi connectivity index (χ3n) is 3.27. The van der Waals surface area contributed by atoms with Gasteiger partial charge in [-0.2, -0.15) is 0 Å². The molecule has 0 heterocycles. The topological polar surface area (TPSA) is 40.5 Å². The predicted molar refractivity (Wildman–Crippen MR) is 62.7 cm³/mol. The maximum atomic E-state index is 13.4. The Morgan fingerprint density at radius 2 is 2.06 bits per heavy atom. The van der Waals surface area contributed by atoms with E-state index in [0.717, 1.165) is 5.56 Å². The Kier molecular flexibility index (Phi) is 2.89. The minimum Gasteiger partial charge on any atom is -0.480 e. The first-order valence-electron chi connectivity index (χ1n) is 5.65. The Morgan fingerprint density at radius 3 is 2.50 bits per heavy atom. The van der Waals surface area contributed by atoms with E-state index in [1.165, 1.54) is 6.07 Å². The smallest absolute Gasteiger partial charge is 0.320 e. The van der Waals surface area contributed by atoms with Gasteiger partial charge < -0.3 is 10.0 Å². The quantitative estimate of drug-likeness (QED) is 0.895. The molecule has 0 aromatic heterocycles. The van der Waals surface area contributed by atoms with Crippen LogP contribution in [-0.4, -0.2) is 36.0 Å². The molecule has 1 saturated carbocycles. The highest BCUT2D eigenvalue weighted by Gasteiger charge is 2.77.